The van der Waals surface area contributed by atoms with Gasteiger partial charge >= 0.3 is 7.82 Å². The van der Waals surface area contributed by atoms with Crippen LogP contribution in [0.25, 0.3) is 0 Å². The number of amides is 1. The number of rotatable bonds is 45. The molecule has 0 heterocycles. The van der Waals surface area contributed by atoms with Crippen LogP contribution >= 0.6 is 7.82 Å². The number of unbranched alkanes of at least 4 members (excludes halogenated alkanes) is 32. The maximum atomic E-state index is 12.7. The molecule has 9 heteroatoms. The fourth-order valence-electron chi connectivity index (χ4n) is 7.34. The van der Waals surface area contributed by atoms with Crippen molar-refractivity contribution in [1.82, 2.24) is 5.32 Å². The van der Waals surface area contributed by atoms with Gasteiger partial charge in [-0.2, -0.15) is 0 Å². The predicted octanol–water partition coefficient (Wildman–Crippen LogP) is 13.9. The molecule has 0 radical (unpaired) electrons. The Labute approximate surface area is 354 Å². The van der Waals surface area contributed by atoms with Crippen molar-refractivity contribution in [2.24, 2.45) is 0 Å². The number of nitrogens with zero attached hydrogens (tertiary/aromatic N) is 1. The second-order valence-corrected chi connectivity index (χ2v) is 19.7. The van der Waals surface area contributed by atoms with Crippen LogP contribution in [0.3, 0.4) is 0 Å². The first kappa shape index (κ1) is 56.2. The largest absolute Gasteiger partial charge is 0.472 e. The average molecular weight is 830 g/mol. The molecule has 0 aromatic rings. The molecule has 0 rings (SSSR count). The van der Waals surface area contributed by atoms with Crippen LogP contribution in [-0.2, 0) is 18.4 Å². The fraction of sp³-hybridized carbons (Fsp3) is 0.938. The highest BCUT2D eigenvalue weighted by molar-refractivity contribution is 7.47. The summed E-state index contributed by atoms with van der Waals surface area (Å²) in [4.78, 5) is 22.9. The molecular formula is C48H98N2O6P+. The van der Waals surface area contributed by atoms with Gasteiger partial charge in [0.15, 0.2) is 0 Å². The quantitative estimate of drug-likeness (QED) is 0.0244. The molecule has 0 fully saturated rings. The summed E-state index contributed by atoms with van der Waals surface area (Å²) in [6.45, 7) is 4.77. The molecule has 3 unspecified atom stereocenters. The van der Waals surface area contributed by atoms with Gasteiger partial charge in [0.05, 0.1) is 39.9 Å². The van der Waals surface area contributed by atoms with Gasteiger partial charge in [-0.1, -0.05) is 225 Å². The van der Waals surface area contributed by atoms with Crippen LogP contribution in [0.1, 0.15) is 239 Å². The highest BCUT2D eigenvalue weighted by Crippen LogP contribution is 2.43. The Hall–Kier alpha value is -0.760. The van der Waals surface area contributed by atoms with E-state index in [0.29, 0.717) is 17.4 Å². The minimum absolute atomic E-state index is 0.0639. The molecule has 0 aromatic heterocycles. The third-order valence-corrected chi connectivity index (χ3v) is 12.2. The third kappa shape index (κ3) is 43.1. The van der Waals surface area contributed by atoms with Gasteiger partial charge in [-0.05, 0) is 19.3 Å². The molecule has 0 spiro atoms. The first-order valence-corrected chi connectivity index (χ1v) is 26.1. The van der Waals surface area contributed by atoms with Crippen molar-refractivity contribution >= 4 is 13.7 Å². The lowest BCUT2D eigenvalue weighted by atomic mass is 10.0. The molecule has 8 nitrogen and oxygen atoms in total. The number of phosphoric ester groups is 1. The van der Waals surface area contributed by atoms with Gasteiger partial charge in [-0.25, -0.2) is 4.57 Å². The Kier molecular flexibility index (Phi) is 40.1. The first-order chi connectivity index (χ1) is 27.5. The standard InChI is InChI=1S/C48H97N2O6P/c1-6-8-10-12-14-15-16-17-18-19-20-21-22-23-24-25-26-27-28-29-30-31-32-33-34-35-36-37-39-41-47(51)46(49-48(52)42-40-38-13-11-9-7-2)45-56-57(53,54)55-44-43-50(3,4)5/h39,41,46-47,51H,6-38,40,42-45H2,1-5H3,(H-,49,52,53,54)/p+1/b41-39+. The van der Waals surface area contributed by atoms with E-state index < -0.39 is 20.0 Å². The number of aliphatic hydroxyl groups excluding tert-OH is 1. The van der Waals surface area contributed by atoms with E-state index in [-0.39, 0.29) is 19.1 Å². The molecule has 0 saturated carbocycles. The maximum absolute atomic E-state index is 12.7. The number of nitrogens with one attached hydrogen (secondary N) is 1. The van der Waals surface area contributed by atoms with E-state index >= 15 is 0 Å². The van der Waals surface area contributed by atoms with Crippen LogP contribution in [0, 0.1) is 0 Å². The van der Waals surface area contributed by atoms with Crippen molar-refractivity contribution in [2.75, 3.05) is 40.9 Å². The Bertz CT molecular complexity index is 942. The number of hydrogen-bond acceptors (Lipinski definition) is 5. The predicted molar refractivity (Wildman–Crippen MR) is 245 cm³/mol. The summed E-state index contributed by atoms with van der Waals surface area (Å²) in [6, 6.07) is -0.838. The number of likely N-dealkylation sites (N-methyl/N-ethyl adjacent to an activating group) is 1. The fourth-order valence-corrected chi connectivity index (χ4v) is 8.07. The van der Waals surface area contributed by atoms with Crippen molar-refractivity contribution in [3.8, 4) is 0 Å². The minimum atomic E-state index is -4.32. The molecule has 3 atom stereocenters. The van der Waals surface area contributed by atoms with Gasteiger partial charge in [0, 0.05) is 6.42 Å². The van der Waals surface area contributed by atoms with Crippen molar-refractivity contribution in [1.29, 1.82) is 0 Å². The molecule has 57 heavy (non-hydrogen) atoms. The highest BCUT2D eigenvalue weighted by atomic mass is 31.2. The second-order valence-electron chi connectivity index (χ2n) is 18.2. The highest BCUT2D eigenvalue weighted by Gasteiger charge is 2.27. The number of quaternary nitrogens is 1. The zero-order chi connectivity index (χ0) is 42.1. The van der Waals surface area contributed by atoms with Crippen molar-refractivity contribution in [3.63, 3.8) is 0 Å². The van der Waals surface area contributed by atoms with Crippen LogP contribution in [0.4, 0.5) is 0 Å². The van der Waals surface area contributed by atoms with Crippen LogP contribution in [-0.4, -0.2) is 73.4 Å². The Morgan fingerprint density at radius 1 is 0.579 bits per heavy atom. The normalized spacial score (nSPS) is 14.3. The van der Waals surface area contributed by atoms with Gasteiger partial charge in [0.1, 0.15) is 13.2 Å². The molecule has 0 aromatic carbocycles. The summed E-state index contributed by atoms with van der Waals surface area (Å²) in [6.07, 6.45) is 47.7. The Morgan fingerprint density at radius 3 is 1.30 bits per heavy atom. The van der Waals surface area contributed by atoms with E-state index in [9.17, 15) is 19.4 Å². The maximum Gasteiger partial charge on any atom is 0.472 e. The molecule has 0 bridgehead atoms. The van der Waals surface area contributed by atoms with Gasteiger partial charge < -0.3 is 19.8 Å². The minimum Gasteiger partial charge on any atom is -0.387 e. The van der Waals surface area contributed by atoms with Crippen molar-refractivity contribution < 1.29 is 32.9 Å². The summed E-state index contributed by atoms with van der Waals surface area (Å²) >= 11 is 0. The zero-order valence-corrected chi connectivity index (χ0v) is 39.5. The lowest BCUT2D eigenvalue weighted by Crippen LogP contribution is -2.45. The Balaban J connectivity index is 3.96. The number of aliphatic hydroxyl groups is 1. The van der Waals surface area contributed by atoms with Crippen LogP contribution in [0.5, 0.6) is 0 Å². The van der Waals surface area contributed by atoms with E-state index in [4.69, 9.17) is 9.05 Å². The lowest BCUT2D eigenvalue weighted by molar-refractivity contribution is -0.870. The number of hydrogen-bond donors (Lipinski definition) is 3. The first-order valence-electron chi connectivity index (χ1n) is 24.6. The van der Waals surface area contributed by atoms with Gasteiger partial charge in [0.2, 0.25) is 5.91 Å². The summed E-state index contributed by atoms with van der Waals surface area (Å²) < 4.78 is 23.5. The van der Waals surface area contributed by atoms with E-state index in [1.54, 1.807) is 6.08 Å². The van der Waals surface area contributed by atoms with Crippen LogP contribution in [0.15, 0.2) is 12.2 Å². The number of carbonyl (C=O) groups is 1. The van der Waals surface area contributed by atoms with E-state index in [1.165, 1.54) is 186 Å². The second kappa shape index (κ2) is 40.6. The molecule has 3 N–H and O–H groups in total. The number of allylic oxidation sites excluding steroid dienone is 1. The van der Waals surface area contributed by atoms with E-state index in [1.807, 2.05) is 27.2 Å². The van der Waals surface area contributed by atoms with Gasteiger partial charge in [-0.3, -0.25) is 13.8 Å². The summed E-state index contributed by atoms with van der Waals surface area (Å²) in [5.74, 6) is -0.184. The monoisotopic (exact) mass is 830 g/mol. The molecule has 0 saturated heterocycles. The molecule has 340 valence electrons. The third-order valence-electron chi connectivity index (χ3n) is 11.3. The zero-order valence-electron chi connectivity index (χ0n) is 38.6. The molecule has 0 aliphatic heterocycles. The topological polar surface area (TPSA) is 105 Å². The van der Waals surface area contributed by atoms with E-state index in [0.717, 1.165) is 32.1 Å². The van der Waals surface area contributed by atoms with Crippen LogP contribution in [0.2, 0.25) is 0 Å². The summed E-state index contributed by atoms with van der Waals surface area (Å²) in [5, 5.41) is 13.7. The number of carbonyl (C=O) groups excluding carboxylic acids is 1. The van der Waals surface area contributed by atoms with Gasteiger partial charge in [-0.15, -0.1) is 0 Å². The van der Waals surface area contributed by atoms with Crippen LogP contribution < -0.4 is 5.32 Å². The lowest BCUT2D eigenvalue weighted by Gasteiger charge is -2.25. The number of phosphoric acid groups is 1. The van der Waals surface area contributed by atoms with Gasteiger partial charge in [0.25, 0.3) is 0 Å². The average Bonchev–Trinajstić information content (AvgIpc) is 3.16. The van der Waals surface area contributed by atoms with Crippen molar-refractivity contribution in [2.45, 2.75) is 251 Å². The van der Waals surface area contributed by atoms with Crippen molar-refractivity contribution in [3.05, 3.63) is 12.2 Å². The molecule has 0 aliphatic rings. The molecule has 0 aliphatic carbocycles. The smallest absolute Gasteiger partial charge is 0.387 e. The molecular weight excluding hydrogens is 732 g/mol. The van der Waals surface area contributed by atoms with E-state index in [2.05, 4.69) is 19.2 Å². The summed E-state index contributed by atoms with van der Waals surface area (Å²) in [7, 11) is 1.58. The SMILES string of the molecule is CCCCCCCCCCCCCCCCCCCCCCCCCCCCC/C=C/C(O)C(COP(=O)(O)OCC[N+](C)(C)C)NC(=O)CCCCCCCC. The molecule has 1 amide bonds. The Morgan fingerprint density at radius 2 is 0.930 bits per heavy atom. The summed E-state index contributed by atoms with van der Waals surface area (Å²) in [5.41, 5.74) is 0.